The molecule has 0 saturated carbocycles. The van der Waals surface area contributed by atoms with Crippen LogP contribution in [0, 0.1) is 11.6 Å². The molecular weight excluding hydrogens is 314 g/mol. The summed E-state index contributed by atoms with van der Waals surface area (Å²) in [6, 6.07) is 10.7. The van der Waals surface area contributed by atoms with Gasteiger partial charge in [-0.3, -0.25) is 0 Å². The van der Waals surface area contributed by atoms with Crippen molar-refractivity contribution in [2.24, 2.45) is 5.73 Å². The van der Waals surface area contributed by atoms with Crippen LogP contribution in [-0.2, 0) is 0 Å². The van der Waals surface area contributed by atoms with E-state index in [9.17, 15) is 8.78 Å². The Morgan fingerprint density at radius 1 is 1.11 bits per heavy atom. The average Bonchev–Trinajstić information content (AvgIpc) is 2.41. The molecule has 0 aliphatic rings. The Morgan fingerprint density at radius 3 is 2.47 bits per heavy atom. The summed E-state index contributed by atoms with van der Waals surface area (Å²) >= 11 is 3.09. The first-order valence-electron chi connectivity index (χ1n) is 5.78. The third-order valence-corrected chi connectivity index (χ3v) is 3.43. The molecule has 2 nitrogen and oxygen atoms in total. The summed E-state index contributed by atoms with van der Waals surface area (Å²) in [5, 5.41) is 2.98. The van der Waals surface area contributed by atoms with E-state index in [0.29, 0.717) is 15.7 Å². The van der Waals surface area contributed by atoms with E-state index in [1.54, 1.807) is 30.3 Å². The minimum atomic E-state index is -0.369. The maximum absolute atomic E-state index is 13.6. The SMILES string of the molecule is NCC(Nc1ccccc1F)c1ccc(Br)c(F)c1. The number of para-hydroxylation sites is 1. The van der Waals surface area contributed by atoms with Gasteiger partial charge in [-0.25, -0.2) is 8.78 Å². The normalized spacial score (nSPS) is 12.2. The maximum Gasteiger partial charge on any atom is 0.146 e. The third-order valence-electron chi connectivity index (χ3n) is 2.79. The van der Waals surface area contributed by atoms with Gasteiger partial charge < -0.3 is 11.1 Å². The van der Waals surface area contributed by atoms with Crippen molar-refractivity contribution in [2.45, 2.75) is 6.04 Å². The number of nitrogens with one attached hydrogen (secondary N) is 1. The molecule has 1 atom stereocenters. The van der Waals surface area contributed by atoms with Crippen LogP contribution in [0.25, 0.3) is 0 Å². The summed E-state index contributed by atoms with van der Waals surface area (Å²) in [4.78, 5) is 0. The van der Waals surface area contributed by atoms with E-state index in [1.165, 1.54) is 12.1 Å². The van der Waals surface area contributed by atoms with E-state index >= 15 is 0 Å². The first kappa shape index (κ1) is 14.0. The molecule has 0 aromatic heterocycles. The van der Waals surface area contributed by atoms with Crippen molar-refractivity contribution in [3.63, 3.8) is 0 Å². The molecule has 0 amide bonds. The lowest BCUT2D eigenvalue weighted by atomic mass is 10.1. The number of benzene rings is 2. The summed E-state index contributed by atoms with van der Waals surface area (Å²) < 4.78 is 27.5. The van der Waals surface area contributed by atoms with Crippen molar-refractivity contribution < 1.29 is 8.78 Å². The van der Waals surface area contributed by atoms with Crippen molar-refractivity contribution in [1.29, 1.82) is 0 Å². The second kappa shape index (κ2) is 6.12. The molecule has 0 fully saturated rings. The zero-order valence-electron chi connectivity index (χ0n) is 10.0. The van der Waals surface area contributed by atoms with E-state index in [0.717, 1.165) is 0 Å². The van der Waals surface area contributed by atoms with Crippen molar-refractivity contribution in [1.82, 2.24) is 0 Å². The molecule has 100 valence electrons. The van der Waals surface area contributed by atoms with Crippen molar-refractivity contribution in [3.05, 3.63) is 64.1 Å². The molecular formula is C14H13BrF2N2. The smallest absolute Gasteiger partial charge is 0.146 e. The minimum Gasteiger partial charge on any atom is -0.375 e. The molecule has 0 bridgehead atoms. The number of nitrogens with two attached hydrogens (primary N) is 1. The van der Waals surface area contributed by atoms with Crippen LogP contribution in [-0.4, -0.2) is 6.54 Å². The lowest BCUT2D eigenvalue weighted by molar-refractivity contribution is 0.613. The zero-order chi connectivity index (χ0) is 13.8. The van der Waals surface area contributed by atoms with E-state index in [-0.39, 0.29) is 24.2 Å². The Balaban J connectivity index is 2.25. The predicted molar refractivity (Wildman–Crippen MR) is 75.9 cm³/mol. The van der Waals surface area contributed by atoms with Crippen LogP contribution >= 0.6 is 15.9 Å². The Morgan fingerprint density at radius 2 is 1.84 bits per heavy atom. The molecule has 2 aromatic carbocycles. The van der Waals surface area contributed by atoms with Crippen LogP contribution in [0.5, 0.6) is 0 Å². The molecule has 1 unspecified atom stereocenters. The number of rotatable bonds is 4. The second-order valence-electron chi connectivity index (χ2n) is 4.09. The summed E-state index contributed by atoms with van der Waals surface area (Å²) in [5.41, 5.74) is 6.69. The maximum atomic E-state index is 13.6. The van der Waals surface area contributed by atoms with E-state index < -0.39 is 0 Å². The summed E-state index contributed by atoms with van der Waals surface area (Å²) in [5.74, 6) is -0.732. The minimum absolute atomic E-state index is 0.232. The van der Waals surface area contributed by atoms with Crippen LogP contribution in [0.2, 0.25) is 0 Å². The lowest BCUT2D eigenvalue weighted by Gasteiger charge is -2.19. The number of halogens is 3. The lowest BCUT2D eigenvalue weighted by Crippen LogP contribution is -2.21. The highest BCUT2D eigenvalue weighted by molar-refractivity contribution is 9.10. The first-order valence-corrected chi connectivity index (χ1v) is 6.57. The number of hydrogen-bond acceptors (Lipinski definition) is 2. The first-order chi connectivity index (χ1) is 9.11. The summed E-state index contributed by atoms with van der Waals surface area (Å²) in [7, 11) is 0. The van der Waals surface area contributed by atoms with Crippen molar-refractivity contribution >= 4 is 21.6 Å². The predicted octanol–water partition coefficient (Wildman–Crippen LogP) is 3.84. The van der Waals surface area contributed by atoms with Gasteiger partial charge in [0.05, 0.1) is 16.2 Å². The highest BCUT2D eigenvalue weighted by Crippen LogP contribution is 2.24. The molecule has 5 heteroatoms. The number of hydrogen-bond donors (Lipinski definition) is 2. The molecule has 0 radical (unpaired) electrons. The summed E-state index contributed by atoms with van der Waals surface area (Å²) in [6.45, 7) is 0.232. The Kier molecular flexibility index (Phi) is 4.50. The molecule has 2 rings (SSSR count). The third kappa shape index (κ3) is 3.30. The van der Waals surface area contributed by atoms with Crippen LogP contribution in [0.4, 0.5) is 14.5 Å². The van der Waals surface area contributed by atoms with E-state index in [4.69, 9.17) is 5.73 Å². The Bertz CT molecular complexity index is 575. The fourth-order valence-corrected chi connectivity index (χ4v) is 2.02. The molecule has 0 saturated heterocycles. The highest BCUT2D eigenvalue weighted by Gasteiger charge is 2.13. The Labute approximate surface area is 118 Å². The standard InChI is InChI=1S/C14H13BrF2N2/c15-10-6-5-9(7-12(10)17)14(8-18)19-13-4-2-1-3-11(13)16/h1-7,14,19H,8,18H2. The van der Waals surface area contributed by atoms with Crippen molar-refractivity contribution in [3.8, 4) is 0 Å². The quantitative estimate of drug-likeness (QED) is 0.895. The van der Waals surface area contributed by atoms with E-state index in [2.05, 4.69) is 21.2 Å². The highest BCUT2D eigenvalue weighted by atomic mass is 79.9. The molecule has 0 aliphatic heterocycles. The molecule has 2 aromatic rings. The largest absolute Gasteiger partial charge is 0.375 e. The van der Waals surface area contributed by atoms with Gasteiger partial charge in [0.15, 0.2) is 0 Å². The average molecular weight is 327 g/mol. The van der Waals surface area contributed by atoms with Crippen molar-refractivity contribution in [2.75, 3.05) is 11.9 Å². The Hall–Kier alpha value is -1.46. The van der Waals surface area contributed by atoms with Gasteiger partial charge in [-0.2, -0.15) is 0 Å². The van der Waals surface area contributed by atoms with E-state index in [1.807, 2.05) is 0 Å². The monoisotopic (exact) mass is 326 g/mol. The van der Waals surface area contributed by atoms with Crippen LogP contribution in [0.3, 0.4) is 0 Å². The van der Waals surface area contributed by atoms with Gasteiger partial charge >= 0.3 is 0 Å². The second-order valence-corrected chi connectivity index (χ2v) is 4.94. The van der Waals surface area contributed by atoms with Gasteiger partial charge in [0.25, 0.3) is 0 Å². The van der Waals surface area contributed by atoms with Crippen LogP contribution < -0.4 is 11.1 Å². The fourth-order valence-electron chi connectivity index (χ4n) is 1.77. The van der Waals surface area contributed by atoms with Crippen LogP contribution in [0.1, 0.15) is 11.6 Å². The fraction of sp³-hybridized carbons (Fsp3) is 0.143. The topological polar surface area (TPSA) is 38.0 Å². The van der Waals surface area contributed by atoms with Gasteiger partial charge in [-0.1, -0.05) is 18.2 Å². The van der Waals surface area contributed by atoms with Gasteiger partial charge in [-0.05, 0) is 45.8 Å². The molecule has 19 heavy (non-hydrogen) atoms. The van der Waals surface area contributed by atoms with Gasteiger partial charge in [0.2, 0.25) is 0 Å². The van der Waals surface area contributed by atoms with Gasteiger partial charge in [0, 0.05) is 6.54 Å². The van der Waals surface area contributed by atoms with Gasteiger partial charge in [-0.15, -0.1) is 0 Å². The molecule has 0 spiro atoms. The molecule has 3 N–H and O–H groups in total. The number of anilines is 1. The molecule has 0 heterocycles. The van der Waals surface area contributed by atoms with Crippen LogP contribution in [0.15, 0.2) is 46.9 Å². The zero-order valence-corrected chi connectivity index (χ0v) is 11.6. The molecule has 0 aliphatic carbocycles. The summed E-state index contributed by atoms with van der Waals surface area (Å²) in [6.07, 6.45) is 0. The van der Waals surface area contributed by atoms with Gasteiger partial charge in [0.1, 0.15) is 11.6 Å².